The number of anilines is 1. The number of nitrogens with one attached hydrogen (secondary N) is 2. The van der Waals surface area contributed by atoms with E-state index >= 15 is 0 Å². The molecule has 0 saturated heterocycles. The zero-order valence-corrected chi connectivity index (χ0v) is 16.7. The Morgan fingerprint density at radius 2 is 1.76 bits per heavy atom. The lowest BCUT2D eigenvalue weighted by Gasteiger charge is -2.25. The fraction of sp³-hybridized carbons (Fsp3) is 0.227. The molecule has 2 amide bonds. The fourth-order valence-corrected chi connectivity index (χ4v) is 4.36. The van der Waals surface area contributed by atoms with Gasteiger partial charge in [-0.2, -0.15) is 0 Å². The van der Waals surface area contributed by atoms with Crippen molar-refractivity contribution in [3.63, 3.8) is 0 Å². The van der Waals surface area contributed by atoms with Gasteiger partial charge in [-0.1, -0.05) is 48.5 Å². The van der Waals surface area contributed by atoms with Gasteiger partial charge in [0.05, 0.1) is 12.2 Å². The molecule has 4 rings (SSSR count). The molecule has 2 N–H and O–H groups in total. The molecule has 7 heteroatoms. The zero-order chi connectivity index (χ0) is 20.1. The molecule has 3 aromatic rings. The lowest BCUT2D eigenvalue weighted by Crippen LogP contribution is -2.32. The molecule has 1 aromatic heterocycles. The van der Waals surface area contributed by atoms with Crippen LogP contribution in [0.15, 0.2) is 60.7 Å². The van der Waals surface area contributed by atoms with Crippen LogP contribution < -0.4 is 10.6 Å². The number of hydrogen-bond donors (Lipinski definition) is 2. The Labute approximate surface area is 173 Å². The Balaban J connectivity index is 1.30. The van der Waals surface area contributed by atoms with Crippen molar-refractivity contribution in [1.29, 1.82) is 0 Å². The van der Waals surface area contributed by atoms with Gasteiger partial charge in [0.1, 0.15) is 0 Å². The van der Waals surface area contributed by atoms with Gasteiger partial charge >= 0.3 is 0 Å². The first-order chi connectivity index (χ1) is 14.2. The van der Waals surface area contributed by atoms with Crippen molar-refractivity contribution in [2.75, 3.05) is 18.4 Å². The van der Waals surface area contributed by atoms with Gasteiger partial charge in [0.15, 0.2) is 5.13 Å². The van der Waals surface area contributed by atoms with Crippen molar-refractivity contribution >= 4 is 28.3 Å². The highest BCUT2D eigenvalue weighted by Crippen LogP contribution is 2.28. The van der Waals surface area contributed by atoms with Crippen LogP contribution in [0.5, 0.6) is 0 Å². The molecule has 0 unspecified atom stereocenters. The van der Waals surface area contributed by atoms with E-state index in [9.17, 15) is 9.59 Å². The lowest BCUT2D eigenvalue weighted by atomic mass is 10.1. The Bertz CT molecular complexity index is 989. The minimum atomic E-state index is -0.276. The first-order valence-corrected chi connectivity index (χ1v) is 10.4. The number of thiazole rings is 1. The number of fused-ring (bicyclic) bond motifs is 1. The maximum Gasteiger partial charge on any atom is 0.251 e. The van der Waals surface area contributed by atoms with Crippen molar-refractivity contribution in [2.24, 2.45) is 0 Å². The molecule has 1 aliphatic rings. The van der Waals surface area contributed by atoms with Gasteiger partial charge in [-0.05, 0) is 17.7 Å². The van der Waals surface area contributed by atoms with Crippen molar-refractivity contribution in [3.05, 3.63) is 82.4 Å². The van der Waals surface area contributed by atoms with Gasteiger partial charge in [-0.15, -0.1) is 11.3 Å². The van der Waals surface area contributed by atoms with E-state index in [1.807, 2.05) is 12.1 Å². The third kappa shape index (κ3) is 5.07. The summed E-state index contributed by atoms with van der Waals surface area (Å²) in [6, 6.07) is 19.3. The number of nitrogens with zero attached hydrogens (tertiary/aromatic N) is 2. The van der Waals surface area contributed by atoms with Gasteiger partial charge in [0.25, 0.3) is 5.91 Å². The Morgan fingerprint density at radius 1 is 1.03 bits per heavy atom. The summed E-state index contributed by atoms with van der Waals surface area (Å²) in [5.41, 5.74) is 2.88. The lowest BCUT2D eigenvalue weighted by molar-refractivity contribution is -0.115. The predicted octanol–water partition coefficient (Wildman–Crippen LogP) is 3.07. The normalized spacial score (nSPS) is 13.5. The topological polar surface area (TPSA) is 74.3 Å². The Morgan fingerprint density at radius 3 is 2.52 bits per heavy atom. The number of hydrogen-bond acceptors (Lipinski definition) is 5. The molecule has 2 aromatic carbocycles. The molecule has 0 radical (unpaired) electrons. The van der Waals surface area contributed by atoms with Crippen LogP contribution in [0.4, 0.5) is 5.13 Å². The minimum absolute atomic E-state index is 0.0852. The monoisotopic (exact) mass is 406 g/mol. The SMILES string of the molecule is O=C(CNC(=O)c1ccccc1)Nc1nc2c(s1)CN(Cc1ccccc1)CC2. The number of rotatable bonds is 6. The first kappa shape index (κ1) is 19.3. The van der Waals surface area contributed by atoms with E-state index in [1.165, 1.54) is 21.8 Å². The van der Waals surface area contributed by atoms with Crippen LogP contribution in [0.1, 0.15) is 26.5 Å². The van der Waals surface area contributed by atoms with Gasteiger partial charge in [0.2, 0.25) is 5.91 Å². The molecule has 148 valence electrons. The summed E-state index contributed by atoms with van der Waals surface area (Å²) >= 11 is 1.51. The summed E-state index contributed by atoms with van der Waals surface area (Å²) in [7, 11) is 0. The minimum Gasteiger partial charge on any atom is -0.343 e. The molecule has 29 heavy (non-hydrogen) atoms. The van der Waals surface area contributed by atoms with E-state index < -0.39 is 0 Å². The third-order valence-corrected chi connectivity index (χ3v) is 5.75. The number of carbonyl (C=O) groups is 2. The van der Waals surface area contributed by atoms with Gasteiger partial charge in [0, 0.05) is 36.5 Å². The maximum atomic E-state index is 12.2. The summed E-state index contributed by atoms with van der Waals surface area (Å²) in [5.74, 6) is -0.544. The van der Waals surface area contributed by atoms with E-state index in [0.29, 0.717) is 10.7 Å². The van der Waals surface area contributed by atoms with Crippen LogP contribution in [0.3, 0.4) is 0 Å². The molecule has 0 bridgehead atoms. The fourth-order valence-electron chi connectivity index (χ4n) is 3.29. The molecule has 0 spiro atoms. The molecular weight excluding hydrogens is 384 g/mol. The van der Waals surface area contributed by atoms with Gasteiger partial charge < -0.3 is 10.6 Å². The quantitative estimate of drug-likeness (QED) is 0.660. The van der Waals surface area contributed by atoms with Crippen molar-refractivity contribution < 1.29 is 9.59 Å². The summed E-state index contributed by atoms with van der Waals surface area (Å²) in [6.07, 6.45) is 0.874. The van der Waals surface area contributed by atoms with Crippen LogP contribution in [0, 0.1) is 0 Å². The van der Waals surface area contributed by atoms with E-state index in [2.05, 4.69) is 44.8 Å². The van der Waals surface area contributed by atoms with Crippen molar-refractivity contribution in [2.45, 2.75) is 19.5 Å². The molecule has 0 aliphatic carbocycles. The zero-order valence-electron chi connectivity index (χ0n) is 15.9. The highest BCUT2D eigenvalue weighted by atomic mass is 32.1. The van der Waals surface area contributed by atoms with Gasteiger partial charge in [-0.3, -0.25) is 14.5 Å². The Hall–Kier alpha value is -3.03. The van der Waals surface area contributed by atoms with E-state index in [0.717, 1.165) is 31.7 Å². The molecule has 1 aliphatic heterocycles. The second-order valence-corrected chi connectivity index (χ2v) is 8.02. The smallest absolute Gasteiger partial charge is 0.251 e. The summed E-state index contributed by atoms with van der Waals surface area (Å²) in [4.78, 5) is 32.4. The second-order valence-electron chi connectivity index (χ2n) is 6.93. The van der Waals surface area contributed by atoms with Crippen LogP contribution in [0.25, 0.3) is 0 Å². The number of amides is 2. The van der Waals surface area contributed by atoms with E-state index in [1.54, 1.807) is 24.3 Å². The highest BCUT2D eigenvalue weighted by molar-refractivity contribution is 7.15. The third-order valence-electron chi connectivity index (χ3n) is 4.75. The Kier molecular flexibility index (Phi) is 5.97. The highest BCUT2D eigenvalue weighted by Gasteiger charge is 2.21. The second kappa shape index (κ2) is 8.98. The molecule has 6 nitrogen and oxygen atoms in total. The van der Waals surface area contributed by atoms with E-state index in [4.69, 9.17) is 0 Å². The molecular formula is C22H22N4O2S. The van der Waals surface area contributed by atoms with Crippen LogP contribution in [-0.2, 0) is 24.3 Å². The largest absolute Gasteiger partial charge is 0.343 e. The first-order valence-electron chi connectivity index (χ1n) is 9.55. The summed E-state index contributed by atoms with van der Waals surface area (Å²) in [5, 5.41) is 6.03. The van der Waals surface area contributed by atoms with Crippen LogP contribution in [-0.4, -0.2) is 34.8 Å². The van der Waals surface area contributed by atoms with Crippen LogP contribution in [0.2, 0.25) is 0 Å². The summed E-state index contributed by atoms with van der Waals surface area (Å²) in [6.45, 7) is 2.61. The van der Waals surface area contributed by atoms with E-state index in [-0.39, 0.29) is 18.4 Å². The number of benzene rings is 2. The van der Waals surface area contributed by atoms with Crippen molar-refractivity contribution in [3.8, 4) is 0 Å². The molecule has 0 fully saturated rings. The maximum absolute atomic E-state index is 12.2. The standard InChI is InChI=1S/C22H22N4O2S/c27-20(13-23-21(28)17-9-5-2-6-10-17)25-22-24-18-11-12-26(15-19(18)29-22)14-16-7-3-1-4-8-16/h1-10H,11-15H2,(H,23,28)(H,24,25,27). The average Bonchev–Trinajstić information content (AvgIpc) is 3.15. The van der Waals surface area contributed by atoms with Gasteiger partial charge in [-0.25, -0.2) is 4.98 Å². The van der Waals surface area contributed by atoms with Crippen molar-refractivity contribution in [1.82, 2.24) is 15.2 Å². The predicted molar refractivity (Wildman–Crippen MR) is 114 cm³/mol. The van der Waals surface area contributed by atoms with Crippen LogP contribution >= 0.6 is 11.3 Å². The number of aromatic nitrogens is 1. The summed E-state index contributed by atoms with van der Waals surface area (Å²) < 4.78 is 0. The average molecular weight is 407 g/mol. The number of carbonyl (C=O) groups excluding carboxylic acids is 2. The molecule has 0 atom stereocenters. The molecule has 0 saturated carbocycles. The molecule has 2 heterocycles.